The van der Waals surface area contributed by atoms with Gasteiger partial charge in [0, 0.05) is 49.7 Å². The molecule has 0 saturated carbocycles. The Morgan fingerprint density at radius 3 is 2.66 bits per heavy atom. The van der Waals surface area contributed by atoms with E-state index in [1.807, 2.05) is 36.4 Å². The van der Waals surface area contributed by atoms with Crippen molar-refractivity contribution in [1.82, 2.24) is 9.88 Å². The molecule has 3 aromatic rings. The molecule has 0 unspecified atom stereocenters. The van der Waals surface area contributed by atoms with Crippen LogP contribution >= 0.6 is 0 Å². The van der Waals surface area contributed by atoms with Gasteiger partial charge in [-0.2, -0.15) is 0 Å². The maximum atomic E-state index is 11.4. The second-order valence-corrected chi connectivity index (χ2v) is 7.27. The Morgan fingerprint density at radius 2 is 1.83 bits per heavy atom. The van der Waals surface area contributed by atoms with Crippen LogP contribution in [0, 0.1) is 0 Å². The average Bonchev–Trinajstić information content (AvgIpc) is 2.77. The molecule has 0 bridgehead atoms. The minimum atomic E-state index is -0.0861. The fourth-order valence-electron chi connectivity index (χ4n) is 3.80. The first kappa shape index (κ1) is 19.3. The van der Waals surface area contributed by atoms with E-state index in [2.05, 4.69) is 26.9 Å². The lowest BCUT2D eigenvalue weighted by atomic mass is 10.2. The molecule has 0 amide bonds. The van der Waals surface area contributed by atoms with E-state index in [4.69, 9.17) is 9.47 Å². The van der Waals surface area contributed by atoms with Gasteiger partial charge in [0.2, 0.25) is 5.56 Å². The normalized spacial score (nSPS) is 14.9. The zero-order valence-electron chi connectivity index (χ0n) is 16.8. The summed E-state index contributed by atoms with van der Waals surface area (Å²) in [5.74, 6) is 1.78. The molecule has 4 rings (SSSR count). The first-order chi connectivity index (χ1) is 14.2. The molecule has 29 heavy (non-hydrogen) atoms. The maximum absolute atomic E-state index is 11.4. The van der Waals surface area contributed by atoms with Crippen molar-refractivity contribution in [2.75, 3.05) is 51.3 Å². The lowest BCUT2D eigenvalue weighted by Crippen LogP contribution is -2.46. The predicted molar refractivity (Wildman–Crippen MR) is 116 cm³/mol. The molecule has 152 valence electrons. The topological polar surface area (TPSA) is 57.8 Å². The summed E-state index contributed by atoms with van der Waals surface area (Å²) in [6.45, 7) is 5.80. The quantitative estimate of drug-likeness (QED) is 0.625. The highest BCUT2D eigenvalue weighted by molar-refractivity contribution is 5.79. The van der Waals surface area contributed by atoms with Crippen LogP contribution in [0.3, 0.4) is 0 Å². The number of aromatic amines is 1. The van der Waals surface area contributed by atoms with Gasteiger partial charge in [-0.15, -0.1) is 0 Å². The maximum Gasteiger partial charge on any atom is 0.248 e. The highest BCUT2D eigenvalue weighted by Gasteiger charge is 2.19. The van der Waals surface area contributed by atoms with E-state index in [1.54, 1.807) is 7.11 Å². The van der Waals surface area contributed by atoms with Crippen molar-refractivity contribution in [1.29, 1.82) is 0 Å². The number of hydrogen-bond acceptors (Lipinski definition) is 5. The lowest BCUT2D eigenvalue weighted by molar-refractivity contribution is 0.224. The molecule has 1 fully saturated rings. The molecule has 1 N–H and O–H groups in total. The Bertz CT molecular complexity index is 1010. The Hall–Kier alpha value is -2.99. The summed E-state index contributed by atoms with van der Waals surface area (Å²) in [4.78, 5) is 19.1. The van der Waals surface area contributed by atoms with Crippen LogP contribution in [0.5, 0.6) is 11.5 Å². The molecule has 1 aliphatic rings. The summed E-state index contributed by atoms with van der Waals surface area (Å²) >= 11 is 0. The van der Waals surface area contributed by atoms with Crippen LogP contribution in [0.25, 0.3) is 10.9 Å². The van der Waals surface area contributed by atoms with Crippen LogP contribution in [0.1, 0.15) is 6.42 Å². The second kappa shape index (κ2) is 9.01. The van der Waals surface area contributed by atoms with Crippen molar-refractivity contribution in [3.05, 3.63) is 65.0 Å². The Balaban J connectivity index is 1.22. The number of ether oxygens (including phenoxy) is 2. The summed E-state index contributed by atoms with van der Waals surface area (Å²) in [6.07, 6.45) is 0.984. The number of piperazine rings is 1. The molecule has 0 atom stereocenters. The van der Waals surface area contributed by atoms with Crippen LogP contribution in [0.4, 0.5) is 5.69 Å². The van der Waals surface area contributed by atoms with Gasteiger partial charge in [0.05, 0.1) is 19.4 Å². The molecule has 2 aromatic carbocycles. The number of hydrogen-bond donors (Lipinski definition) is 1. The minimum absolute atomic E-state index is 0.0861. The van der Waals surface area contributed by atoms with Crippen LogP contribution in [-0.2, 0) is 0 Å². The Labute approximate surface area is 170 Å². The van der Waals surface area contributed by atoms with Crippen molar-refractivity contribution >= 4 is 16.6 Å². The average molecular weight is 393 g/mol. The number of rotatable bonds is 7. The standard InChI is InChI=1S/C23H27N3O3/c1-28-22-6-3-2-5-21(22)26-14-12-25(13-15-26)11-4-16-29-19-8-9-20-18(17-19)7-10-23(27)24-20/h2-3,5-10,17H,4,11-16H2,1H3,(H,24,27). The number of para-hydroxylation sites is 2. The zero-order valence-corrected chi connectivity index (χ0v) is 16.8. The number of nitrogens with zero attached hydrogens (tertiary/aromatic N) is 2. The van der Waals surface area contributed by atoms with Gasteiger partial charge in [-0.3, -0.25) is 9.69 Å². The van der Waals surface area contributed by atoms with Gasteiger partial charge < -0.3 is 19.4 Å². The highest BCUT2D eigenvalue weighted by atomic mass is 16.5. The molecule has 0 radical (unpaired) electrons. The Kier molecular flexibility index (Phi) is 6.00. The third-order valence-corrected chi connectivity index (χ3v) is 5.38. The number of nitrogens with one attached hydrogen (secondary N) is 1. The summed E-state index contributed by atoms with van der Waals surface area (Å²) < 4.78 is 11.4. The lowest BCUT2D eigenvalue weighted by Gasteiger charge is -2.36. The molecule has 0 aliphatic carbocycles. The van der Waals surface area contributed by atoms with Gasteiger partial charge in [-0.25, -0.2) is 0 Å². The van der Waals surface area contributed by atoms with E-state index < -0.39 is 0 Å². The highest BCUT2D eigenvalue weighted by Crippen LogP contribution is 2.28. The van der Waals surface area contributed by atoms with Gasteiger partial charge in [-0.1, -0.05) is 12.1 Å². The molecule has 2 heterocycles. The number of fused-ring (bicyclic) bond motifs is 1. The van der Waals surface area contributed by atoms with Crippen LogP contribution in [0.15, 0.2) is 59.4 Å². The number of H-pyrrole nitrogens is 1. The minimum Gasteiger partial charge on any atom is -0.495 e. The van der Waals surface area contributed by atoms with Crippen molar-refractivity contribution in [2.45, 2.75) is 6.42 Å². The molecule has 1 saturated heterocycles. The summed E-state index contributed by atoms with van der Waals surface area (Å²) in [7, 11) is 1.73. The Morgan fingerprint density at radius 1 is 1.00 bits per heavy atom. The van der Waals surface area contributed by atoms with Gasteiger partial charge in [0.15, 0.2) is 0 Å². The molecule has 1 aliphatic heterocycles. The first-order valence-electron chi connectivity index (χ1n) is 10.1. The smallest absolute Gasteiger partial charge is 0.248 e. The monoisotopic (exact) mass is 393 g/mol. The number of methoxy groups -OCH3 is 1. The molecule has 1 aromatic heterocycles. The van der Waals surface area contributed by atoms with Crippen LogP contribution in [-0.4, -0.2) is 56.3 Å². The van der Waals surface area contributed by atoms with Crippen molar-refractivity contribution in [3.8, 4) is 11.5 Å². The summed E-state index contributed by atoms with van der Waals surface area (Å²) in [6, 6.07) is 17.3. The van der Waals surface area contributed by atoms with E-state index in [-0.39, 0.29) is 5.56 Å². The SMILES string of the molecule is COc1ccccc1N1CCN(CCCOc2ccc3[nH]c(=O)ccc3c2)CC1. The molecule has 6 heteroatoms. The fraction of sp³-hybridized carbons (Fsp3) is 0.348. The molecular weight excluding hydrogens is 366 g/mol. The third-order valence-electron chi connectivity index (χ3n) is 5.38. The summed E-state index contributed by atoms with van der Waals surface area (Å²) in [5.41, 5.74) is 1.92. The van der Waals surface area contributed by atoms with E-state index in [0.29, 0.717) is 6.61 Å². The van der Waals surface area contributed by atoms with Gasteiger partial charge >= 0.3 is 0 Å². The first-order valence-corrected chi connectivity index (χ1v) is 10.1. The predicted octanol–water partition coefficient (Wildman–Crippen LogP) is 3.13. The molecule has 0 spiro atoms. The number of aromatic nitrogens is 1. The number of benzene rings is 2. The van der Waals surface area contributed by atoms with E-state index in [0.717, 1.165) is 61.5 Å². The van der Waals surface area contributed by atoms with Crippen LogP contribution < -0.4 is 19.9 Å². The van der Waals surface area contributed by atoms with Gasteiger partial charge in [0.25, 0.3) is 0 Å². The van der Waals surface area contributed by atoms with Crippen molar-refractivity contribution < 1.29 is 9.47 Å². The second-order valence-electron chi connectivity index (χ2n) is 7.27. The van der Waals surface area contributed by atoms with E-state index in [1.165, 1.54) is 11.8 Å². The fourth-order valence-corrected chi connectivity index (χ4v) is 3.80. The molecule has 6 nitrogen and oxygen atoms in total. The van der Waals surface area contributed by atoms with Crippen LogP contribution in [0.2, 0.25) is 0 Å². The van der Waals surface area contributed by atoms with E-state index in [9.17, 15) is 4.79 Å². The zero-order chi connectivity index (χ0) is 20.1. The van der Waals surface area contributed by atoms with Gasteiger partial charge in [0.1, 0.15) is 11.5 Å². The van der Waals surface area contributed by atoms with Crippen molar-refractivity contribution in [3.63, 3.8) is 0 Å². The van der Waals surface area contributed by atoms with Crippen molar-refractivity contribution in [2.24, 2.45) is 0 Å². The number of anilines is 1. The third kappa shape index (κ3) is 4.71. The summed E-state index contributed by atoms with van der Waals surface area (Å²) in [5, 5.41) is 0.981. The van der Waals surface area contributed by atoms with E-state index >= 15 is 0 Å². The molecular formula is C23H27N3O3. The largest absolute Gasteiger partial charge is 0.495 e. The number of pyridine rings is 1. The van der Waals surface area contributed by atoms with Gasteiger partial charge in [-0.05, 0) is 42.8 Å².